The Kier molecular flexibility index (Phi) is 5.79. The molecule has 5 heteroatoms. The minimum atomic E-state index is 0.0221. The van der Waals surface area contributed by atoms with Gasteiger partial charge in [0.15, 0.2) is 0 Å². The van der Waals surface area contributed by atoms with Crippen molar-refractivity contribution in [1.82, 2.24) is 10.2 Å². The van der Waals surface area contributed by atoms with Crippen molar-refractivity contribution in [3.63, 3.8) is 0 Å². The first-order chi connectivity index (χ1) is 9.99. The molecular weight excluding hydrogens is 330 g/mol. The molecule has 1 aromatic rings. The Labute approximate surface area is 135 Å². The van der Waals surface area contributed by atoms with Crippen molar-refractivity contribution in [2.45, 2.75) is 32.4 Å². The minimum Gasteiger partial charge on any atom is -0.348 e. The molecule has 0 aliphatic carbocycles. The van der Waals surface area contributed by atoms with Gasteiger partial charge in [0.1, 0.15) is 0 Å². The summed E-state index contributed by atoms with van der Waals surface area (Å²) in [4.78, 5) is 14.4. The highest BCUT2D eigenvalue weighted by atomic mass is 79.9. The molecule has 0 radical (unpaired) electrons. The number of carbonyl (C=O) groups excluding carboxylic acids is 1. The zero-order valence-corrected chi connectivity index (χ0v) is 14.3. The maximum atomic E-state index is 12.2. The smallest absolute Gasteiger partial charge is 0.234 e. The van der Waals surface area contributed by atoms with Gasteiger partial charge in [-0.15, -0.1) is 0 Å². The number of hydrogen-bond donors (Lipinski definition) is 2. The number of carbonyl (C=O) groups is 1. The second-order valence-corrected chi connectivity index (χ2v) is 6.87. The fraction of sp³-hybridized carbons (Fsp3) is 0.562. The summed E-state index contributed by atoms with van der Waals surface area (Å²) in [5.41, 5.74) is 6.84. The minimum absolute atomic E-state index is 0.0221. The van der Waals surface area contributed by atoms with E-state index in [4.69, 9.17) is 5.73 Å². The lowest BCUT2D eigenvalue weighted by atomic mass is 10.1. The molecule has 116 valence electrons. The largest absolute Gasteiger partial charge is 0.348 e. The Balaban J connectivity index is 1.85. The van der Waals surface area contributed by atoms with E-state index in [-0.39, 0.29) is 11.9 Å². The average Bonchev–Trinajstić information content (AvgIpc) is 2.80. The Morgan fingerprint density at radius 1 is 1.48 bits per heavy atom. The third kappa shape index (κ3) is 4.53. The molecule has 1 aromatic carbocycles. The molecule has 4 nitrogen and oxygen atoms in total. The van der Waals surface area contributed by atoms with Gasteiger partial charge < -0.3 is 11.1 Å². The molecule has 1 aliphatic rings. The van der Waals surface area contributed by atoms with Crippen molar-refractivity contribution in [3.8, 4) is 0 Å². The molecule has 0 saturated carbocycles. The van der Waals surface area contributed by atoms with E-state index < -0.39 is 0 Å². The summed E-state index contributed by atoms with van der Waals surface area (Å²) < 4.78 is 1.04. The van der Waals surface area contributed by atoms with Gasteiger partial charge in [-0.1, -0.05) is 28.1 Å². The summed E-state index contributed by atoms with van der Waals surface area (Å²) in [5.74, 6) is 0.603. The molecule has 21 heavy (non-hydrogen) atoms. The van der Waals surface area contributed by atoms with Gasteiger partial charge in [0.2, 0.25) is 5.91 Å². The SMILES string of the molecule is CC(NC(=O)CN1CC(CN)CC1C)c1ccc(Br)cc1. The Morgan fingerprint density at radius 3 is 2.71 bits per heavy atom. The molecule has 1 fully saturated rings. The highest BCUT2D eigenvalue weighted by Gasteiger charge is 2.29. The second-order valence-electron chi connectivity index (χ2n) is 5.96. The number of rotatable bonds is 5. The van der Waals surface area contributed by atoms with Crippen molar-refractivity contribution >= 4 is 21.8 Å². The van der Waals surface area contributed by atoms with Crippen molar-refractivity contribution in [2.24, 2.45) is 11.7 Å². The predicted octanol–water partition coefficient (Wildman–Crippen LogP) is 2.30. The lowest BCUT2D eigenvalue weighted by molar-refractivity contribution is -0.123. The Morgan fingerprint density at radius 2 is 2.14 bits per heavy atom. The molecule has 0 aromatic heterocycles. The van der Waals surface area contributed by atoms with E-state index in [0.717, 1.165) is 23.0 Å². The van der Waals surface area contributed by atoms with Crippen LogP contribution >= 0.6 is 15.9 Å². The van der Waals surface area contributed by atoms with Crippen LogP contribution in [0.25, 0.3) is 0 Å². The van der Waals surface area contributed by atoms with Crippen LogP contribution in [-0.4, -0.2) is 36.5 Å². The first kappa shape index (κ1) is 16.5. The number of halogens is 1. The third-order valence-electron chi connectivity index (χ3n) is 4.22. The zero-order chi connectivity index (χ0) is 15.4. The Bertz CT molecular complexity index is 477. The third-order valence-corrected chi connectivity index (χ3v) is 4.75. The quantitative estimate of drug-likeness (QED) is 0.853. The molecular formula is C16H24BrN3O. The van der Waals surface area contributed by atoms with E-state index in [1.165, 1.54) is 0 Å². The number of nitrogens with zero attached hydrogens (tertiary/aromatic N) is 1. The van der Waals surface area contributed by atoms with Crippen molar-refractivity contribution in [2.75, 3.05) is 19.6 Å². The lowest BCUT2D eigenvalue weighted by Gasteiger charge is -2.22. The van der Waals surface area contributed by atoms with Gasteiger partial charge in [-0.2, -0.15) is 0 Å². The molecule has 3 N–H and O–H groups in total. The average molecular weight is 354 g/mol. The van der Waals surface area contributed by atoms with Crippen molar-refractivity contribution in [1.29, 1.82) is 0 Å². The van der Waals surface area contributed by atoms with E-state index in [2.05, 4.69) is 33.1 Å². The van der Waals surface area contributed by atoms with Crippen LogP contribution < -0.4 is 11.1 Å². The molecule has 1 amide bonds. The first-order valence-electron chi connectivity index (χ1n) is 7.48. The first-order valence-corrected chi connectivity index (χ1v) is 8.27. The van der Waals surface area contributed by atoms with E-state index in [1.54, 1.807) is 0 Å². The van der Waals surface area contributed by atoms with Gasteiger partial charge in [0, 0.05) is 17.1 Å². The summed E-state index contributed by atoms with van der Waals surface area (Å²) in [6.45, 7) is 6.27. The van der Waals surface area contributed by atoms with Crippen LogP contribution in [0.1, 0.15) is 31.9 Å². The molecule has 0 bridgehead atoms. The number of nitrogens with two attached hydrogens (primary N) is 1. The van der Waals surface area contributed by atoms with E-state index in [1.807, 2.05) is 31.2 Å². The number of amides is 1. The predicted molar refractivity (Wildman–Crippen MR) is 88.9 cm³/mol. The van der Waals surface area contributed by atoms with Crippen LogP contribution in [0.2, 0.25) is 0 Å². The molecule has 1 heterocycles. The van der Waals surface area contributed by atoms with Crippen LogP contribution in [0, 0.1) is 5.92 Å². The second kappa shape index (κ2) is 7.38. The number of hydrogen-bond acceptors (Lipinski definition) is 3. The van der Waals surface area contributed by atoms with Crippen LogP contribution in [0.3, 0.4) is 0 Å². The molecule has 2 rings (SSSR count). The van der Waals surface area contributed by atoms with Crippen LogP contribution in [0.5, 0.6) is 0 Å². The molecule has 3 atom stereocenters. The van der Waals surface area contributed by atoms with Gasteiger partial charge in [0.25, 0.3) is 0 Å². The van der Waals surface area contributed by atoms with Crippen LogP contribution in [-0.2, 0) is 4.79 Å². The zero-order valence-electron chi connectivity index (χ0n) is 12.7. The van der Waals surface area contributed by atoms with Gasteiger partial charge in [-0.25, -0.2) is 0 Å². The summed E-state index contributed by atoms with van der Waals surface area (Å²) in [5, 5.41) is 3.07. The summed E-state index contributed by atoms with van der Waals surface area (Å²) in [6, 6.07) is 8.50. The van der Waals surface area contributed by atoms with Crippen LogP contribution in [0.4, 0.5) is 0 Å². The van der Waals surface area contributed by atoms with E-state index >= 15 is 0 Å². The Hall–Kier alpha value is -0.910. The molecule has 0 spiro atoms. The maximum absolute atomic E-state index is 12.2. The van der Waals surface area contributed by atoms with Gasteiger partial charge in [-0.3, -0.25) is 9.69 Å². The highest BCUT2D eigenvalue weighted by molar-refractivity contribution is 9.10. The molecule has 3 unspecified atom stereocenters. The number of nitrogens with one attached hydrogen (secondary N) is 1. The fourth-order valence-electron chi connectivity index (χ4n) is 2.92. The summed E-state index contributed by atoms with van der Waals surface area (Å²) in [6.07, 6.45) is 1.09. The van der Waals surface area contributed by atoms with E-state index in [9.17, 15) is 4.79 Å². The standard InChI is InChI=1S/C16H24BrN3O/c1-11-7-13(8-18)9-20(11)10-16(21)19-12(2)14-3-5-15(17)6-4-14/h3-6,11-13H,7-10,18H2,1-2H3,(H,19,21). The van der Waals surface area contributed by atoms with E-state index in [0.29, 0.717) is 25.0 Å². The maximum Gasteiger partial charge on any atom is 0.234 e. The normalized spacial score (nSPS) is 24.0. The van der Waals surface area contributed by atoms with Gasteiger partial charge in [-0.05, 0) is 50.4 Å². The highest BCUT2D eigenvalue weighted by Crippen LogP contribution is 2.22. The van der Waals surface area contributed by atoms with Gasteiger partial charge >= 0.3 is 0 Å². The molecule has 1 saturated heterocycles. The molecule has 1 aliphatic heterocycles. The topological polar surface area (TPSA) is 58.4 Å². The van der Waals surface area contributed by atoms with Crippen molar-refractivity contribution < 1.29 is 4.79 Å². The van der Waals surface area contributed by atoms with Crippen molar-refractivity contribution in [3.05, 3.63) is 34.3 Å². The van der Waals surface area contributed by atoms with Gasteiger partial charge in [0.05, 0.1) is 12.6 Å². The summed E-state index contributed by atoms with van der Waals surface area (Å²) in [7, 11) is 0. The fourth-order valence-corrected chi connectivity index (χ4v) is 3.18. The monoisotopic (exact) mass is 353 g/mol. The lowest BCUT2D eigenvalue weighted by Crippen LogP contribution is -2.40. The summed E-state index contributed by atoms with van der Waals surface area (Å²) >= 11 is 3.42. The van der Waals surface area contributed by atoms with Crippen LogP contribution in [0.15, 0.2) is 28.7 Å². The number of benzene rings is 1. The number of likely N-dealkylation sites (tertiary alicyclic amines) is 1.